The molecule has 26 heavy (non-hydrogen) atoms. The second-order valence-corrected chi connectivity index (χ2v) is 7.23. The van der Waals surface area contributed by atoms with Gasteiger partial charge in [-0.3, -0.25) is 21.0 Å². The van der Waals surface area contributed by atoms with Crippen molar-refractivity contribution < 1.29 is 0 Å². The highest BCUT2D eigenvalue weighted by Crippen LogP contribution is 2.25. The van der Waals surface area contributed by atoms with E-state index in [0.717, 1.165) is 18.5 Å². The van der Waals surface area contributed by atoms with Crippen molar-refractivity contribution >= 4 is 17.6 Å². The van der Waals surface area contributed by atoms with E-state index in [4.69, 9.17) is 10.8 Å². The molecule has 1 heterocycles. The van der Waals surface area contributed by atoms with Gasteiger partial charge in [0.25, 0.3) is 0 Å². The highest BCUT2D eigenvalue weighted by Gasteiger charge is 2.35. The number of aryl methyl sites for hydroxylation is 2. The van der Waals surface area contributed by atoms with E-state index >= 15 is 0 Å². The first-order chi connectivity index (χ1) is 12.5. The fraction of sp³-hybridized carbons (Fsp3) is 0.333. The average molecular weight is 349 g/mol. The largest absolute Gasteiger partial charge is 0.333 e. The Labute approximate surface area is 155 Å². The predicted molar refractivity (Wildman–Crippen MR) is 108 cm³/mol. The molecule has 0 atom stereocenters. The smallest absolute Gasteiger partial charge is 0.204 e. The molecule has 2 aromatic rings. The van der Waals surface area contributed by atoms with Crippen LogP contribution in [0.2, 0.25) is 0 Å². The Hall–Kier alpha value is -2.82. The van der Waals surface area contributed by atoms with Crippen molar-refractivity contribution in [2.75, 3.05) is 4.90 Å². The van der Waals surface area contributed by atoms with Crippen LogP contribution in [0.1, 0.15) is 37.8 Å². The number of hydrogen-bond acceptors (Lipinski definition) is 2. The number of nitrogens with zero attached hydrogens (tertiary/aromatic N) is 1. The maximum absolute atomic E-state index is 8.17. The second kappa shape index (κ2) is 7.60. The van der Waals surface area contributed by atoms with Crippen LogP contribution >= 0.6 is 0 Å². The molecule has 0 amide bonds. The molecule has 0 aromatic heterocycles. The maximum atomic E-state index is 8.17. The third kappa shape index (κ3) is 4.23. The average Bonchev–Trinajstić information content (AvgIpc) is 2.59. The number of rotatable bonds is 6. The molecule has 0 aliphatic carbocycles. The van der Waals surface area contributed by atoms with E-state index in [2.05, 4.69) is 65.2 Å². The molecule has 0 spiro atoms. The lowest BCUT2D eigenvalue weighted by Gasteiger charge is -2.45. The third-order valence-electron chi connectivity index (χ3n) is 4.68. The molecule has 1 saturated heterocycles. The summed E-state index contributed by atoms with van der Waals surface area (Å²) in [7, 11) is 0. The lowest BCUT2D eigenvalue weighted by Crippen LogP contribution is -2.70. The molecule has 5 nitrogen and oxygen atoms in total. The number of nitrogens with one attached hydrogen (secondary N) is 4. The van der Waals surface area contributed by atoms with Gasteiger partial charge in [0.05, 0.1) is 0 Å². The zero-order valence-electron chi connectivity index (χ0n) is 15.5. The highest BCUT2D eigenvalue weighted by molar-refractivity contribution is 6.08. The van der Waals surface area contributed by atoms with Gasteiger partial charge >= 0.3 is 0 Å². The van der Waals surface area contributed by atoms with Crippen molar-refractivity contribution in [1.29, 1.82) is 10.8 Å². The van der Waals surface area contributed by atoms with E-state index in [-0.39, 0.29) is 11.9 Å². The summed E-state index contributed by atoms with van der Waals surface area (Å²) in [5, 5.41) is 21.7. The highest BCUT2D eigenvalue weighted by atomic mass is 15.5. The van der Waals surface area contributed by atoms with Gasteiger partial charge in [0.2, 0.25) is 5.96 Å². The van der Waals surface area contributed by atoms with Gasteiger partial charge in [0.1, 0.15) is 5.66 Å². The van der Waals surface area contributed by atoms with E-state index in [1.54, 1.807) is 0 Å². The number of hydrogen-bond donors (Lipinski definition) is 4. The Morgan fingerprint density at radius 2 is 1.42 bits per heavy atom. The van der Waals surface area contributed by atoms with E-state index in [9.17, 15) is 0 Å². The van der Waals surface area contributed by atoms with Crippen molar-refractivity contribution in [3.8, 4) is 0 Å². The van der Waals surface area contributed by atoms with Gasteiger partial charge in [0.15, 0.2) is 5.96 Å². The van der Waals surface area contributed by atoms with Crippen LogP contribution in [-0.4, -0.2) is 17.6 Å². The second-order valence-electron chi connectivity index (χ2n) is 7.23. The van der Waals surface area contributed by atoms with Gasteiger partial charge < -0.3 is 5.32 Å². The Morgan fingerprint density at radius 3 is 2.00 bits per heavy atom. The molecule has 1 fully saturated rings. The van der Waals surface area contributed by atoms with E-state index in [0.29, 0.717) is 0 Å². The predicted octanol–water partition coefficient (Wildman–Crippen LogP) is 3.86. The fourth-order valence-corrected chi connectivity index (χ4v) is 3.41. The molecule has 136 valence electrons. The third-order valence-corrected chi connectivity index (χ3v) is 4.68. The summed E-state index contributed by atoms with van der Waals surface area (Å²) in [6.07, 6.45) is 4.54. The quantitative estimate of drug-likeness (QED) is 0.598. The number of benzene rings is 2. The molecule has 5 heteroatoms. The maximum Gasteiger partial charge on any atom is 0.204 e. The summed E-state index contributed by atoms with van der Waals surface area (Å²) in [6.45, 7) is 3.93. The van der Waals surface area contributed by atoms with Gasteiger partial charge in [-0.15, -0.1) is 0 Å². The summed E-state index contributed by atoms with van der Waals surface area (Å²) >= 11 is 0. The molecule has 2 aromatic carbocycles. The van der Waals surface area contributed by atoms with Gasteiger partial charge in [-0.1, -0.05) is 42.5 Å². The number of guanidine groups is 2. The Morgan fingerprint density at radius 1 is 0.846 bits per heavy atom. The molecule has 1 aliphatic heterocycles. The van der Waals surface area contributed by atoms with Crippen molar-refractivity contribution in [3.05, 3.63) is 65.7 Å². The molecule has 4 N–H and O–H groups in total. The lowest BCUT2D eigenvalue weighted by atomic mass is 10.0. The molecule has 3 rings (SSSR count). The standard InChI is InChI=1S/C21H27N5/c1-21(2)25-19(22)24-20(23)26(21)18-14-12-17(13-15-18)11-7-6-10-16-8-4-3-5-9-16/h3-5,8-9,12-15H,6-7,10-11H2,1-2H3,(H4,22,23,24,25). The van der Waals surface area contributed by atoms with Crippen LogP contribution < -0.4 is 15.5 Å². The van der Waals surface area contributed by atoms with E-state index in [1.165, 1.54) is 24.0 Å². The first-order valence-corrected chi connectivity index (χ1v) is 9.11. The van der Waals surface area contributed by atoms with Gasteiger partial charge in [0, 0.05) is 5.69 Å². The van der Waals surface area contributed by atoms with E-state index in [1.807, 2.05) is 18.7 Å². The topological polar surface area (TPSA) is 75.0 Å². The minimum atomic E-state index is -0.517. The van der Waals surface area contributed by atoms with Crippen LogP contribution in [0.25, 0.3) is 0 Å². The van der Waals surface area contributed by atoms with Crippen molar-refractivity contribution in [1.82, 2.24) is 10.6 Å². The lowest BCUT2D eigenvalue weighted by molar-refractivity contribution is 0.454. The minimum Gasteiger partial charge on any atom is -0.333 e. The Kier molecular flexibility index (Phi) is 5.26. The van der Waals surface area contributed by atoms with Crippen molar-refractivity contribution in [3.63, 3.8) is 0 Å². The van der Waals surface area contributed by atoms with Crippen LogP contribution in [0, 0.1) is 10.8 Å². The molecule has 0 unspecified atom stereocenters. The number of unbranched alkanes of at least 4 members (excludes halogenated alkanes) is 1. The minimum absolute atomic E-state index is 0.159. The zero-order chi connectivity index (χ0) is 18.6. The van der Waals surface area contributed by atoms with Gasteiger partial charge in [-0.05, 0) is 62.8 Å². The SMILES string of the molecule is CC1(C)NC(=N)NC(=N)N1c1ccc(CCCCc2ccccc2)cc1. The normalized spacial score (nSPS) is 16.2. The first kappa shape index (κ1) is 18.0. The van der Waals surface area contributed by atoms with Gasteiger partial charge in [-0.25, -0.2) is 0 Å². The van der Waals surface area contributed by atoms with Crippen LogP contribution in [0.15, 0.2) is 54.6 Å². The van der Waals surface area contributed by atoms with Crippen molar-refractivity contribution in [2.45, 2.75) is 45.2 Å². The summed E-state index contributed by atoms with van der Waals surface area (Å²) in [5.41, 5.74) is 3.15. The van der Waals surface area contributed by atoms with Crippen molar-refractivity contribution in [2.24, 2.45) is 0 Å². The monoisotopic (exact) mass is 349 g/mol. The first-order valence-electron chi connectivity index (χ1n) is 9.11. The Balaban J connectivity index is 1.56. The van der Waals surface area contributed by atoms with Crippen LogP contribution in [-0.2, 0) is 12.8 Å². The Bertz CT molecular complexity index is 765. The molecule has 0 radical (unpaired) electrons. The number of anilines is 1. The molecular weight excluding hydrogens is 322 g/mol. The zero-order valence-corrected chi connectivity index (χ0v) is 15.5. The van der Waals surface area contributed by atoms with Crippen LogP contribution in [0.5, 0.6) is 0 Å². The van der Waals surface area contributed by atoms with Crippen LogP contribution in [0.4, 0.5) is 5.69 Å². The summed E-state index contributed by atoms with van der Waals surface area (Å²) in [6, 6.07) is 19.0. The summed E-state index contributed by atoms with van der Waals surface area (Å²) in [5.74, 6) is 0.376. The molecule has 0 saturated carbocycles. The molecular formula is C21H27N5. The van der Waals surface area contributed by atoms with Crippen LogP contribution in [0.3, 0.4) is 0 Å². The fourth-order valence-electron chi connectivity index (χ4n) is 3.41. The summed E-state index contributed by atoms with van der Waals surface area (Å²) in [4.78, 5) is 1.87. The summed E-state index contributed by atoms with van der Waals surface area (Å²) < 4.78 is 0. The van der Waals surface area contributed by atoms with Gasteiger partial charge in [-0.2, -0.15) is 0 Å². The molecule has 1 aliphatic rings. The van der Waals surface area contributed by atoms with E-state index < -0.39 is 5.66 Å². The molecule has 0 bridgehead atoms.